The number of hydrogen-bond acceptors (Lipinski definition) is 1. The molecule has 9 heavy (non-hydrogen) atoms. The highest BCUT2D eigenvalue weighted by Crippen LogP contribution is 2.34. The molecular weight excluding hydrogens is 148 g/mol. The Labute approximate surface area is 58.3 Å². The van der Waals surface area contributed by atoms with Crippen molar-refractivity contribution in [3.8, 4) is 0 Å². The summed E-state index contributed by atoms with van der Waals surface area (Å²) in [6, 6.07) is 0. The van der Waals surface area contributed by atoms with E-state index in [0.717, 1.165) is 6.08 Å². The van der Waals surface area contributed by atoms with Gasteiger partial charge in [-0.05, 0) is 12.8 Å². The lowest BCUT2D eigenvalue weighted by molar-refractivity contribution is 0.414. The van der Waals surface area contributed by atoms with Crippen molar-refractivity contribution in [3.63, 3.8) is 0 Å². The highest BCUT2D eigenvalue weighted by atomic mass is 35.5. The summed E-state index contributed by atoms with van der Waals surface area (Å²) < 4.78 is 22.7. The summed E-state index contributed by atoms with van der Waals surface area (Å²) in [6.07, 6.45) is 0.562. The van der Waals surface area contributed by atoms with E-state index >= 15 is 0 Å². The van der Waals surface area contributed by atoms with Crippen LogP contribution in [0.3, 0.4) is 0 Å². The number of nitrogens with two attached hydrogens (primary N) is 1. The minimum Gasteiger partial charge on any atom is -0.322 e. The fraction of sp³-hybridized carbons (Fsp3) is 0.600. The van der Waals surface area contributed by atoms with E-state index in [-0.39, 0.29) is 12.4 Å². The van der Waals surface area contributed by atoms with Crippen LogP contribution in [0.4, 0.5) is 8.78 Å². The SMILES string of the molecule is Cl.NC1(C=C(F)F)CC1. The molecule has 0 aromatic rings. The molecule has 0 aromatic carbocycles. The van der Waals surface area contributed by atoms with Crippen molar-refractivity contribution in [1.29, 1.82) is 0 Å². The molecule has 0 bridgehead atoms. The maximum Gasteiger partial charge on any atom is 0.268 e. The van der Waals surface area contributed by atoms with E-state index < -0.39 is 11.6 Å². The minimum absolute atomic E-state index is 0. The Bertz CT molecular complexity index is 127. The van der Waals surface area contributed by atoms with Crippen molar-refractivity contribution in [2.45, 2.75) is 18.4 Å². The minimum atomic E-state index is -1.66. The van der Waals surface area contributed by atoms with Gasteiger partial charge < -0.3 is 5.73 Å². The topological polar surface area (TPSA) is 26.0 Å². The van der Waals surface area contributed by atoms with Gasteiger partial charge in [-0.25, -0.2) is 0 Å². The lowest BCUT2D eigenvalue weighted by Gasteiger charge is -1.94. The quantitative estimate of drug-likeness (QED) is 0.613. The van der Waals surface area contributed by atoms with Crippen LogP contribution in [-0.2, 0) is 0 Å². The van der Waals surface area contributed by atoms with Crippen LogP contribution in [0.25, 0.3) is 0 Å². The van der Waals surface area contributed by atoms with Gasteiger partial charge in [-0.15, -0.1) is 12.4 Å². The normalized spacial score (nSPS) is 19.9. The summed E-state index contributed by atoms with van der Waals surface area (Å²) >= 11 is 0. The van der Waals surface area contributed by atoms with E-state index in [0.29, 0.717) is 12.8 Å². The molecule has 0 amide bonds. The van der Waals surface area contributed by atoms with Crippen molar-refractivity contribution in [2.75, 3.05) is 0 Å². The van der Waals surface area contributed by atoms with Gasteiger partial charge in [0.15, 0.2) is 0 Å². The molecule has 1 nitrogen and oxygen atoms in total. The summed E-state index contributed by atoms with van der Waals surface area (Å²) in [5, 5.41) is 0. The van der Waals surface area contributed by atoms with Gasteiger partial charge in [0.05, 0.1) is 0 Å². The summed E-state index contributed by atoms with van der Waals surface area (Å²) in [6.45, 7) is 0. The summed E-state index contributed by atoms with van der Waals surface area (Å²) in [5.74, 6) is 0. The summed E-state index contributed by atoms with van der Waals surface area (Å²) in [5.41, 5.74) is 4.65. The van der Waals surface area contributed by atoms with E-state index in [4.69, 9.17) is 5.73 Å². The van der Waals surface area contributed by atoms with Crippen LogP contribution in [0.1, 0.15) is 12.8 Å². The Balaban J connectivity index is 0.000000640. The molecule has 0 aliphatic heterocycles. The second-order valence-corrected chi connectivity index (χ2v) is 2.17. The van der Waals surface area contributed by atoms with Gasteiger partial charge in [0.2, 0.25) is 0 Å². The largest absolute Gasteiger partial charge is 0.322 e. The Morgan fingerprint density at radius 2 is 1.89 bits per heavy atom. The van der Waals surface area contributed by atoms with E-state index in [1.807, 2.05) is 0 Å². The molecule has 0 heterocycles. The van der Waals surface area contributed by atoms with Gasteiger partial charge in [0, 0.05) is 11.6 Å². The van der Waals surface area contributed by atoms with Crippen LogP contribution in [0.5, 0.6) is 0 Å². The second-order valence-electron chi connectivity index (χ2n) is 2.17. The molecule has 1 aliphatic rings. The van der Waals surface area contributed by atoms with Crippen LogP contribution >= 0.6 is 12.4 Å². The molecule has 54 valence electrons. The third-order valence-corrected chi connectivity index (χ3v) is 1.22. The lowest BCUT2D eigenvalue weighted by atomic mass is 10.3. The second kappa shape index (κ2) is 2.62. The average molecular weight is 156 g/mol. The monoisotopic (exact) mass is 155 g/mol. The third kappa shape index (κ3) is 2.77. The van der Waals surface area contributed by atoms with Crippen LogP contribution in [0, 0.1) is 0 Å². The Morgan fingerprint density at radius 1 is 1.44 bits per heavy atom. The third-order valence-electron chi connectivity index (χ3n) is 1.22. The number of rotatable bonds is 1. The van der Waals surface area contributed by atoms with Crippen molar-refractivity contribution in [2.24, 2.45) is 5.73 Å². The van der Waals surface area contributed by atoms with E-state index in [9.17, 15) is 8.78 Å². The summed E-state index contributed by atoms with van der Waals surface area (Å²) in [4.78, 5) is 0. The predicted octanol–water partition coefficient (Wildman–Crippen LogP) is 1.68. The van der Waals surface area contributed by atoms with Crippen LogP contribution in [0.15, 0.2) is 12.2 Å². The van der Waals surface area contributed by atoms with Gasteiger partial charge in [0.25, 0.3) is 6.08 Å². The Morgan fingerprint density at radius 3 is 2.00 bits per heavy atom. The standard InChI is InChI=1S/C5H7F2N.ClH/c6-4(7)3-5(8)1-2-5;/h3H,1-2,8H2;1H. The van der Waals surface area contributed by atoms with Gasteiger partial charge >= 0.3 is 0 Å². The van der Waals surface area contributed by atoms with Gasteiger partial charge in [0.1, 0.15) is 0 Å². The fourth-order valence-corrected chi connectivity index (χ4v) is 0.506. The molecule has 4 heteroatoms. The van der Waals surface area contributed by atoms with Gasteiger partial charge in [-0.2, -0.15) is 8.78 Å². The molecule has 0 unspecified atom stereocenters. The molecule has 1 saturated carbocycles. The summed E-state index contributed by atoms with van der Waals surface area (Å²) in [7, 11) is 0. The first-order valence-electron chi connectivity index (χ1n) is 2.45. The maximum absolute atomic E-state index is 11.4. The van der Waals surface area contributed by atoms with E-state index in [1.165, 1.54) is 0 Å². The van der Waals surface area contributed by atoms with Crippen LogP contribution in [-0.4, -0.2) is 5.54 Å². The van der Waals surface area contributed by atoms with Crippen molar-refractivity contribution < 1.29 is 8.78 Å². The van der Waals surface area contributed by atoms with E-state index in [1.54, 1.807) is 0 Å². The molecule has 0 aromatic heterocycles. The van der Waals surface area contributed by atoms with Crippen LogP contribution in [0.2, 0.25) is 0 Å². The van der Waals surface area contributed by atoms with Gasteiger partial charge in [-0.3, -0.25) is 0 Å². The number of hydrogen-bond donors (Lipinski definition) is 1. The zero-order valence-electron chi connectivity index (χ0n) is 4.73. The molecule has 1 aliphatic carbocycles. The first-order valence-corrected chi connectivity index (χ1v) is 2.45. The van der Waals surface area contributed by atoms with Crippen molar-refractivity contribution in [1.82, 2.24) is 0 Å². The first kappa shape index (κ1) is 8.85. The molecular formula is C5H8ClF2N. The molecule has 0 spiro atoms. The molecule has 0 atom stereocenters. The maximum atomic E-state index is 11.4. The predicted molar refractivity (Wildman–Crippen MR) is 33.7 cm³/mol. The van der Waals surface area contributed by atoms with E-state index in [2.05, 4.69) is 0 Å². The molecule has 1 rings (SSSR count). The zero-order chi connectivity index (χ0) is 6.20. The molecule has 1 fully saturated rings. The Kier molecular flexibility index (Phi) is 2.58. The van der Waals surface area contributed by atoms with Crippen molar-refractivity contribution >= 4 is 12.4 Å². The first-order chi connectivity index (χ1) is 3.62. The smallest absolute Gasteiger partial charge is 0.268 e. The molecule has 2 N–H and O–H groups in total. The average Bonchev–Trinajstić information content (AvgIpc) is 2.17. The zero-order valence-corrected chi connectivity index (χ0v) is 5.55. The lowest BCUT2D eigenvalue weighted by Crippen LogP contribution is -2.17. The highest BCUT2D eigenvalue weighted by molar-refractivity contribution is 5.85. The fourth-order valence-electron chi connectivity index (χ4n) is 0.506. The van der Waals surface area contributed by atoms with Crippen molar-refractivity contribution in [3.05, 3.63) is 12.2 Å². The Hall–Kier alpha value is -0.150. The molecule has 0 saturated heterocycles. The van der Waals surface area contributed by atoms with Gasteiger partial charge in [-0.1, -0.05) is 0 Å². The van der Waals surface area contributed by atoms with Crippen LogP contribution < -0.4 is 5.73 Å². The molecule has 0 radical (unpaired) electrons. The number of halogens is 3. The highest BCUT2D eigenvalue weighted by Gasteiger charge is 2.36.